The summed E-state index contributed by atoms with van der Waals surface area (Å²) in [5.74, 6) is -0.898. The third-order valence-electron chi connectivity index (χ3n) is 1.48. The summed E-state index contributed by atoms with van der Waals surface area (Å²) in [6, 6.07) is 0. The lowest BCUT2D eigenvalue weighted by molar-refractivity contribution is -0.137. The number of thiazole rings is 1. The zero-order chi connectivity index (χ0) is 9.84. The zero-order valence-corrected chi connectivity index (χ0v) is 8.23. The molecule has 0 atom stereocenters. The maximum atomic E-state index is 10.5. The molecule has 0 radical (unpaired) electrons. The number of aldehydes is 1. The Balaban J connectivity index is 2.85. The van der Waals surface area contributed by atoms with Crippen molar-refractivity contribution in [3.8, 4) is 0 Å². The Morgan fingerprint density at radius 1 is 1.77 bits per heavy atom. The van der Waals surface area contributed by atoms with Crippen LogP contribution in [0.25, 0.3) is 0 Å². The van der Waals surface area contributed by atoms with E-state index in [0.717, 1.165) is 0 Å². The fourth-order valence-corrected chi connectivity index (χ4v) is 1.93. The summed E-state index contributed by atoms with van der Waals surface area (Å²) >= 11 is 6.18. The lowest BCUT2D eigenvalue weighted by Gasteiger charge is -2.00. The summed E-state index contributed by atoms with van der Waals surface area (Å²) in [5.41, 5.74) is 0.441. The molecule has 1 heterocycles. The molecule has 6 heteroatoms. The van der Waals surface area contributed by atoms with Crippen LogP contribution in [0.1, 0.15) is 16.9 Å². The van der Waals surface area contributed by atoms with E-state index in [4.69, 9.17) is 17.3 Å². The van der Waals surface area contributed by atoms with E-state index >= 15 is 0 Å². The number of carbonyl (C=O) groups is 2. The second kappa shape index (κ2) is 4.29. The van der Waals surface area contributed by atoms with Crippen LogP contribution in [-0.2, 0) is 11.3 Å². The van der Waals surface area contributed by atoms with Gasteiger partial charge in [-0.3, -0.25) is 9.59 Å². The highest BCUT2D eigenvalue weighted by atomic mass is 32.1. The van der Waals surface area contributed by atoms with Gasteiger partial charge >= 0.3 is 5.97 Å². The summed E-state index contributed by atoms with van der Waals surface area (Å²) in [7, 11) is 0. The number of carbonyl (C=O) groups excluding carboxylic acids is 1. The normalized spacial score (nSPS) is 9.85. The molecule has 1 rings (SSSR count). The summed E-state index contributed by atoms with van der Waals surface area (Å²) in [6.45, 7) is 0.256. The first-order valence-electron chi connectivity index (χ1n) is 3.50. The van der Waals surface area contributed by atoms with Gasteiger partial charge in [0.05, 0.1) is 12.1 Å². The summed E-state index contributed by atoms with van der Waals surface area (Å²) in [6.07, 6.45) is 0.653. The number of nitrogens with zero attached hydrogens (tertiary/aromatic N) is 1. The molecule has 0 aliphatic carbocycles. The maximum Gasteiger partial charge on any atom is 0.305 e. The second-order valence-electron chi connectivity index (χ2n) is 2.34. The number of aromatic nitrogens is 1. The van der Waals surface area contributed by atoms with E-state index < -0.39 is 5.97 Å². The molecular weight excluding hydrogens is 210 g/mol. The van der Waals surface area contributed by atoms with Crippen LogP contribution in [0.2, 0.25) is 0 Å². The molecule has 0 spiro atoms. The van der Waals surface area contributed by atoms with Gasteiger partial charge in [0.15, 0.2) is 10.2 Å². The van der Waals surface area contributed by atoms with Gasteiger partial charge in [-0.2, -0.15) is 0 Å². The van der Waals surface area contributed by atoms with E-state index in [0.29, 0.717) is 15.9 Å². The van der Waals surface area contributed by atoms with Crippen LogP contribution in [0.15, 0.2) is 5.38 Å². The van der Waals surface area contributed by atoms with E-state index in [-0.39, 0.29) is 13.0 Å². The predicted octanol–water partition coefficient (Wildman–Crippen LogP) is 1.57. The first-order valence-corrected chi connectivity index (χ1v) is 4.79. The minimum atomic E-state index is -0.898. The first-order chi connectivity index (χ1) is 6.15. The van der Waals surface area contributed by atoms with E-state index in [9.17, 15) is 9.59 Å². The Hall–Kier alpha value is -1.01. The van der Waals surface area contributed by atoms with E-state index in [2.05, 4.69) is 0 Å². The molecular formula is C7H7NO3S2. The SMILES string of the molecule is O=Cc1csc(=S)n1CCC(=O)O. The van der Waals surface area contributed by atoms with E-state index in [1.165, 1.54) is 15.9 Å². The lowest BCUT2D eigenvalue weighted by atomic mass is 10.4. The molecule has 0 amide bonds. The molecule has 0 fully saturated rings. The smallest absolute Gasteiger partial charge is 0.305 e. The fraction of sp³-hybridized carbons (Fsp3) is 0.286. The van der Waals surface area contributed by atoms with Crippen molar-refractivity contribution >= 4 is 35.8 Å². The molecule has 0 aromatic carbocycles. The predicted molar refractivity (Wildman–Crippen MR) is 50.8 cm³/mol. The molecule has 0 bridgehead atoms. The lowest BCUT2D eigenvalue weighted by Crippen LogP contribution is -2.06. The molecule has 70 valence electrons. The van der Waals surface area contributed by atoms with Crippen molar-refractivity contribution in [3.63, 3.8) is 0 Å². The maximum absolute atomic E-state index is 10.5. The third kappa shape index (κ3) is 2.46. The standard InChI is InChI=1S/C7H7NO3S2/c9-3-5-4-13-7(12)8(5)2-1-6(10)11/h3-4H,1-2H2,(H,10,11). The number of carboxylic acid groups (broad SMARTS) is 1. The quantitative estimate of drug-likeness (QED) is 0.614. The van der Waals surface area contributed by atoms with Gasteiger partial charge < -0.3 is 9.67 Å². The van der Waals surface area contributed by atoms with Crippen molar-refractivity contribution in [1.82, 2.24) is 4.57 Å². The summed E-state index contributed by atoms with van der Waals surface area (Å²) in [4.78, 5) is 20.8. The molecule has 1 aromatic heterocycles. The van der Waals surface area contributed by atoms with Gasteiger partial charge in [0, 0.05) is 11.9 Å². The fourth-order valence-electron chi connectivity index (χ4n) is 0.863. The Morgan fingerprint density at radius 2 is 2.46 bits per heavy atom. The Morgan fingerprint density at radius 3 is 3.00 bits per heavy atom. The van der Waals surface area contributed by atoms with Crippen LogP contribution in [0.5, 0.6) is 0 Å². The van der Waals surface area contributed by atoms with Gasteiger partial charge in [-0.05, 0) is 12.2 Å². The largest absolute Gasteiger partial charge is 0.481 e. The monoisotopic (exact) mass is 217 g/mol. The van der Waals surface area contributed by atoms with Crippen LogP contribution in [0, 0.1) is 3.95 Å². The molecule has 13 heavy (non-hydrogen) atoms. The van der Waals surface area contributed by atoms with Crippen molar-refractivity contribution in [1.29, 1.82) is 0 Å². The van der Waals surface area contributed by atoms with Crippen molar-refractivity contribution in [3.05, 3.63) is 15.0 Å². The van der Waals surface area contributed by atoms with Crippen LogP contribution in [0.3, 0.4) is 0 Å². The van der Waals surface area contributed by atoms with Crippen LogP contribution in [-0.4, -0.2) is 21.9 Å². The Kier molecular flexibility index (Phi) is 3.32. The highest BCUT2D eigenvalue weighted by Gasteiger charge is 2.04. The summed E-state index contributed by atoms with van der Waals surface area (Å²) in [5, 5.41) is 10.1. The third-order valence-corrected chi connectivity index (χ3v) is 2.77. The highest BCUT2D eigenvalue weighted by Crippen LogP contribution is 2.09. The Labute approximate surface area is 83.4 Å². The molecule has 0 aliphatic heterocycles. The van der Waals surface area contributed by atoms with Gasteiger partial charge in [0.25, 0.3) is 0 Å². The second-order valence-corrected chi connectivity index (χ2v) is 3.84. The minimum absolute atomic E-state index is 0.0219. The van der Waals surface area contributed by atoms with Crippen LogP contribution >= 0.6 is 23.6 Å². The van der Waals surface area contributed by atoms with Crippen LogP contribution in [0.4, 0.5) is 0 Å². The van der Waals surface area contributed by atoms with Crippen molar-refractivity contribution in [2.24, 2.45) is 0 Å². The van der Waals surface area contributed by atoms with Crippen LogP contribution < -0.4 is 0 Å². The van der Waals surface area contributed by atoms with Crippen molar-refractivity contribution < 1.29 is 14.7 Å². The minimum Gasteiger partial charge on any atom is -0.481 e. The van der Waals surface area contributed by atoms with Gasteiger partial charge in [-0.15, -0.1) is 11.3 Å². The molecule has 0 saturated heterocycles. The topological polar surface area (TPSA) is 59.3 Å². The van der Waals surface area contributed by atoms with Crippen molar-refractivity contribution in [2.75, 3.05) is 0 Å². The molecule has 4 nitrogen and oxygen atoms in total. The number of hydrogen-bond acceptors (Lipinski definition) is 4. The molecule has 0 unspecified atom stereocenters. The Bertz CT molecular complexity index is 379. The molecule has 0 saturated carbocycles. The zero-order valence-electron chi connectivity index (χ0n) is 6.60. The van der Waals surface area contributed by atoms with Gasteiger partial charge in [-0.1, -0.05) is 0 Å². The number of rotatable bonds is 4. The van der Waals surface area contributed by atoms with Crippen molar-refractivity contribution in [2.45, 2.75) is 13.0 Å². The summed E-state index contributed by atoms with van der Waals surface area (Å²) < 4.78 is 2.06. The average Bonchev–Trinajstić information content (AvgIpc) is 2.43. The highest BCUT2D eigenvalue weighted by molar-refractivity contribution is 7.73. The van der Waals surface area contributed by atoms with E-state index in [1.807, 2.05) is 0 Å². The number of carboxylic acids is 1. The van der Waals surface area contributed by atoms with E-state index in [1.54, 1.807) is 5.38 Å². The van der Waals surface area contributed by atoms with Gasteiger partial charge in [0.1, 0.15) is 0 Å². The average molecular weight is 217 g/mol. The molecule has 1 N–H and O–H groups in total. The molecule has 1 aromatic rings. The number of aliphatic carboxylic acids is 1. The number of hydrogen-bond donors (Lipinski definition) is 1. The molecule has 0 aliphatic rings. The first kappa shape index (κ1) is 10.1. The van der Waals surface area contributed by atoms with Gasteiger partial charge in [0.2, 0.25) is 0 Å². The van der Waals surface area contributed by atoms with Gasteiger partial charge in [-0.25, -0.2) is 0 Å².